The molecule has 1 saturated carbocycles. The highest BCUT2D eigenvalue weighted by molar-refractivity contribution is 7.14. The number of nitrogens with zero attached hydrogens (tertiary/aromatic N) is 1. The third-order valence-corrected chi connectivity index (χ3v) is 5.16. The van der Waals surface area contributed by atoms with Crippen LogP contribution in [-0.4, -0.2) is 18.0 Å². The van der Waals surface area contributed by atoms with Crippen LogP contribution in [-0.2, 0) is 4.79 Å². The fourth-order valence-corrected chi connectivity index (χ4v) is 3.80. The van der Waals surface area contributed by atoms with Gasteiger partial charge >= 0.3 is 0 Å². The zero-order valence-electron chi connectivity index (χ0n) is 13.6. The van der Waals surface area contributed by atoms with E-state index in [1.807, 2.05) is 24.4 Å². The van der Waals surface area contributed by atoms with Gasteiger partial charge in [0.2, 0.25) is 5.91 Å². The van der Waals surface area contributed by atoms with Crippen LogP contribution in [0.5, 0.6) is 5.75 Å². The third kappa shape index (κ3) is 3.72. The van der Waals surface area contributed by atoms with Crippen LogP contribution in [0, 0.1) is 12.8 Å². The SMILES string of the molecule is COc1ccc(-c2csc(NC(=O)C3CCCCC3)n2)cc1C. The van der Waals surface area contributed by atoms with Crippen LogP contribution in [0.3, 0.4) is 0 Å². The van der Waals surface area contributed by atoms with E-state index in [1.165, 1.54) is 17.8 Å². The van der Waals surface area contributed by atoms with Crippen molar-refractivity contribution in [3.05, 3.63) is 29.1 Å². The van der Waals surface area contributed by atoms with Crippen molar-refractivity contribution >= 4 is 22.4 Å². The molecule has 0 saturated heterocycles. The maximum atomic E-state index is 12.3. The van der Waals surface area contributed by atoms with Gasteiger partial charge in [-0.25, -0.2) is 4.98 Å². The minimum absolute atomic E-state index is 0.122. The molecule has 1 heterocycles. The number of rotatable bonds is 4. The predicted octanol–water partition coefficient (Wildman–Crippen LogP) is 4.65. The molecule has 1 amide bonds. The van der Waals surface area contributed by atoms with Crippen molar-refractivity contribution in [2.45, 2.75) is 39.0 Å². The van der Waals surface area contributed by atoms with Crippen LogP contribution in [0.1, 0.15) is 37.7 Å². The van der Waals surface area contributed by atoms with Crippen molar-refractivity contribution in [2.24, 2.45) is 5.92 Å². The molecule has 23 heavy (non-hydrogen) atoms. The molecule has 3 rings (SSSR count). The van der Waals surface area contributed by atoms with E-state index in [2.05, 4.69) is 16.4 Å². The van der Waals surface area contributed by atoms with Gasteiger partial charge in [-0.05, 0) is 43.5 Å². The number of nitrogens with one attached hydrogen (secondary N) is 1. The Kier molecular flexibility index (Phi) is 4.96. The van der Waals surface area contributed by atoms with Gasteiger partial charge in [0.15, 0.2) is 5.13 Å². The number of benzene rings is 1. The topological polar surface area (TPSA) is 51.2 Å². The monoisotopic (exact) mass is 330 g/mol. The van der Waals surface area contributed by atoms with Crippen molar-refractivity contribution < 1.29 is 9.53 Å². The average molecular weight is 330 g/mol. The molecule has 1 aliphatic carbocycles. The van der Waals surface area contributed by atoms with Gasteiger partial charge in [-0.15, -0.1) is 11.3 Å². The van der Waals surface area contributed by atoms with Crippen LogP contribution >= 0.6 is 11.3 Å². The van der Waals surface area contributed by atoms with Gasteiger partial charge in [0.25, 0.3) is 0 Å². The van der Waals surface area contributed by atoms with E-state index in [9.17, 15) is 4.79 Å². The molecule has 0 atom stereocenters. The van der Waals surface area contributed by atoms with Gasteiger partial charge in [0.05, 0.1) is 12.8 Å². The maximum absolute atomic E-state index is 12.3. The maximum Gasteiger partial charge on any atom is 0.229 e. The standard InChI is InChI=1S/C18H22N2O2S/c1-12-10-14(8-9-16(12)22-2)15-11-23-18(19-15)20-17(21)13-6-4-3-5-7-13/h8-11,13H,3-7H2,1-2H3,(H,19,20,21). The molecular weight excluding hydrogens is 308 g/mol. The Bertz CT molecular complexity index is 690. The number of ether oxygens (including phenoxy) is 1. The normalized spacial score (nSPS) is 15.4. The molecule has 2 aromatic rings. The number of aromatic nitrogens is 1. The number of hydrogen-bond acceptors (Lipinski definition) is 4. The molecule has 0 radical (unpaired) electrons. The second-order valence-electron chi connectivity index (χ2n) is 6.05. The second kappa shape index (κ2) is 7.13. The van der Waals surface area contributed by atoms with Crippen LogP contribution in [0.2, 0.25) is 0 Å². The number of methoxy groups -OCH3 is 1. The van der Waals surface area contributed by atoms with Crippen molar-refractivity contribution in [2.75, 3.05) is 12.4 Å². The van der Waals surface area contributed by atoms with E-state index in [-0.39, 0.29) is 11.8 Å². The molecular formula is C18H22N2O2S. The summed E-state index contributed by atoms with van der Waals surface area (Å²) < 4.78 is 5.29. The molecule has 1 aromatic heterocycles. The Hall–Kier alpha value is -1.88. The lowest BCUT2D eigenvalue weighted by molar-refractivity contribution is -0.120. The number of hydrogen-bond donors (Lipinski definition) is 1. The molecule has 122 valence electrons. The van der Waals surface area contributed by atoms with Gasteiger partial charge in [-0.2, -0.15) is 0 Å². The number of anilines is 1. The molecule has 5 heteroatoms. The number of carbonyl (C=O) groups excluding carboxylic acids is 1. The van der Waals surface area contributed by atoms with E-state index < -0.39 is 0 Å². The summed E-state index contributed by atoms with van der Waals surface area (Å²) >= 11 is 1.48. The third-order valence-electron chi connectivity index (χ3n) is 4.40. The second-order valence-corrected chi connectivity index (χ2v) is 6.90. The highest BCUT2D eigenvalue weighted by Gasteiger charge is 2.21. The van der Waals surface area contributed by atoms with Gasteiger partial charge in [-0.1, -0.05) is 19.3 Å². The summed E-state index contributed by atoms with van der Waals surface area (Å²) in [6.45, 7) is 2.01. The fraction of sp³-hybridized carbons (Fsp3) is 0.444. The van der Waals surface area contributed by atoms with E-state index in [4.69, 9.17) is 4.74 Å². The minimum Gasteiger partial charge on any atom is -0.496 e. The summed E-state index contributed by atoms with van der Waals surface area (Å²) in [5.41, 5.74) is 3.00. The highest BCUT2D eigenvalue weighted by Crippen LogP contribution is 2.30. The first kappa shape index (κ1) is 16.0. The average Bonchev–Trinajstić information content (AvgIpc) is 3.04. The summed E-state index contributed by atoms with van der Waals surface area (Å²) in [5.74, 6) is 1.14. The lowest BCUT2D eigenvalue weighted by atomic mass is 9.89. The van der Waals surface area contributed by atoms with E-state index >= 15 is 0 Å². The fourth-order valence-electron chi connectivity index (χ4n) is 3.07. The Balaban J connectivity index is 1.70. The van der Waals surface area contributed by atoms with Crippen LogP contribution < -0.4 is 10.1 Å². The lowest BCUT2D eigenvalue weighted by Gasteiger charge is -2.19. The number of carbonyl (C=O) groups is 1. The zero-order valence-corrected chi connectivity index (χ0v) is 14.4. The van der Waals surface area contributed by atoms with Crippen LogP contribution in [0.25, 0.3) is 11.3 Å². The summed E-state index contributed by atoms with van der Waals surface area (Å²) in [6, 6.07) is 6.00. The van der Waals surface area contributed by atoms with Crippen molar-refractivity contribution in [3.8, 4) is 17.0 Å². The van der Waals surface area contributed by atoms with E-state index in [0.717, 1.165) is 48.3 Å². The van der Waals surface area contributed by atoms with Crippen molar-refractivity contribution in [3.63, 3.8) is 0 Å². The molecule has 1 N–H and O–H groups in total. The molecule has 4 nitrogen and oxygen atoms in total. The molecule has 0 spiro atoms. The molecule has 1 aromatic carbocycles. The predicted molar refractivity (Wildman–Crippen MR) is 94.0 cm³/mol. The lowest BCUT2D eigenvalue weighted by Crippen LogP contribution is -2.24. The molecule has 0 aliphatic heterocycles. The number of aryl methyl sites for hydroxylation is 1. The first-order valence-electron chi connectivity index (χ1n) is 8.09. The van der Waals surface area contributed by atoms with Crippen LogP contribution in [0.15, 0.2) is 23.6 Å². The van der Waals surface area contributed by atoms with E-state index in [0.29, 0.717) is 5.13 Å². The summed E-state index contributed by atoms with van der Waals surface area (Å²) in [4.78, 5) is 16.8. The zero-order chi connectivity index (χ0) is 16.2. The van der Waals surface area contributed by atoms with E-state index in [1.54, 1.807) is 7.11 Å². The first-order chi connectivity index (χ1) is 11.2. The number of amides is 1. The summed E-state index contributed by atoms with van der Waals surface area (Å²) in [7, 11) is 1.67. The Morgan fingerprint density at radius 1 is 1.30 bits per heavy atom. The molecule has 0 bridgehead atoms. The van der Waals surface area contributed by atoms with Gasteiger partial charge in [-0.3, -0.25) is 4.79 Å². The quantitative estimate of drug-likeness (QED) is 0.888. The van der Waals surface area contributed by atoms with Gasteiger partial charge < -0.3 is 10.1 Å². The molecule has 0 unspecified atom stereocenters. The minimum atomic E-state index is 0.122. The summed E-state index contributed by atoms with van der Waals surface area (Å²) in [6.07, 6.45) is 5.57. The highest BCUT2D eigenvalue weighted by atomic mass is 32.1. The Labute approximate surface area is 140 Å². The first-order valence-corrected chi connectivity index (χ1v) is 8.97. The molecule has 1 aliphatic rings. The van der Waals surface area contributed by atoms with Gasteiger partial charge in [0, 0.05) is 16.9 Å². The van der Waals surface area contributed by atoms with Crippen LogP contribution in [0.4, 0.5) is 5.13 Å². The molecule has 1 fully saturated rings. The Morgan fingerprint density at radius 3 is 2.78 bits per heavy atom. The Morgan fingerprint density at radius 2 is 2.09 bits per heavy atom. The largest absolute Gasteiger partial charge is 0.496 e. The van der Waals surface area contributed by atoms with Crippen molar-refractivity contribution in [1.29, 1.82) is 0 Å². The van der Waals surface area contributed by atoms with Crippen molar-refractivity contribution in [1.82, 2.24) is 4.98 Å². The summed E-state index contributed by atoms with van der Waals surface area (Å²) in [5, 5.41) is 5.65. The smallest absolute Gasteiger partial charge is 0.229 e. The number of thiazole rings is 1. The van der Waals surface area contributed by atoms with Gasteiger partial charge in [0.1, 0.15) is 5.75 Å².